The predicted octanol–water partition coefficient (Wildman–Crippen LogP) is 5.80. The second-order valence-electron chi connectivity index (χ2n) is 8.15. The van der Waals surface area contributed by atoms with Gasteiger partial charge in [0.2, 0.25) is 0 Å². The molecule has 8 nitrogen and oxygen atoms in total. The lowest BCUT2D eigenvalue weighted by Gasteiger charge is -2.18. The molecule has 0 fully saturated rings. The summed E-state index contributed by atoms with van der Waals surface area (Å²) < 4.78 is 95.4. The molecule has 0 saturated carbocycles. The van der Waals surface area contributed by atoms with Gasteiger partial charge in [-0.3, -0.25) is 14.8 Å². The molecule has 0 aliphatic carbocycles. The predicted molar refractivity (Wildman–Crippen MR) is 128 cm³/mol. The van der Waals surface area contributed by atoms with Crippen LogP contribution in [0.15, 0.2) is 51.8 Å². The number of aromatic amines is 1. The zero-order valence-electron chi connectivity index (χ0n) is 20.2. The van der Waals surface area contributed by atoms with Crippen molar-refractivity contribution < 1.29 is 40.3 Å². The number of hydrogen-bond donors (Lipinski definition) is 2. The minimum absolute atomic E-state index is 0.110. The molecule has 208 valence electrons. The van der Waals surface area contributed by atoms with E-state index in [2.05, 4.69) is 19.6 Å². The van der Waals surface area contributed by atoms with Crippen molar-refractivity contribution in [2.24, 2.45) is 0 Å². The van der Waals surface area contributed by atoms with Gasteiger partial charge >= 0.3 is 18.0 Å². The first-order valence-electron chi connectivity index (χ1n) is 11.2. The van der Waals surface area contributed by atoms with Crippen molar-refractivity contribution in [1.82, 2.24) is 20.4 Å². The van der Waals surface area contributed by atoms with Gasteiger partial charge in [-0.25, -0.2) is 14.2 Å². The normalized spacial score (nSPS) is 12.9. The summed E-state index contributed by atoms with van der Waals surface area (Å²) >= 11 is 1.03. The van der Waals surface area contributed by atoms with E-state index in [1.807, 2.05) is 5.32 Å². The Morgan fingerprint density at radius 3 is 2.44 bits per heavy atom. The van der Waals surface area contributed by atoms with Crippen molar-refractivity contribution >= 4 is 11.3 Å². The highest BCUT2D eigenvalue weighted by Gasteiger charge is 2.36. The maximum Gasteiger partial charge on any atom is 0.439 e. The van der Waals surface area contributed by atoms with Crippen LogP contribution < -0.4 is 20.5 Å². The van der Waals surface area contributed by atoms with Gasteiger partial charge in [-0.2, -0.15) is 22.0 Å². The monoisotopic (exact) mass is 574 g/mol. The molecule has 2 heterocycles. The van der Waals surface area contributed by atoms with Gasteiger partial charge in [0.15, 0.2) is 12.0 Å². The number of rotatable bonds is 10. The molecule has 0 bridgehead atoms. The van der Waals surface area contributed by atoms with Crippen LogP contribution in [0.5, 0.6) is 11.5 Å². The summed E-state index contributed by atoms with van der Waals surface area (Å²) in [4.78, 5) is 18.3. The average molecular weight is 575 g/mol. The quantitative estimate of drug-likeness (QED) is 0.182. The smallest absolute Gasteiger partial charge is 0.439 e. The van der Waals surface area contributed by atoms with Gasteiger partial charge in [0.05, 0.1) is 28.8 Å². The van der Waals surface area contributed by atoms with Crippen LogP contribution in [-0.4, -0.2) is 34.5 Å². The molecule has 1 atom stereocenters. The molecule has 2 aromatic carbocycles. The minimum Gasteiger partial charge on any atom is -0.496 e. The van der Waals surface area contributed by atoms with Crippen LogP contribution in [0.4, 0.5) is 26.3 Å². The molecule has 0 radical (unpaired) electrons. The van der Waals surface area contributed by atoms with Crippen molar-refractivity contribution in [3.63, 3.8) is 0 Å². The van der Waals surface area contributed by atoms with E-state index in [1.165, 1.54) is 25.3 Å². The van der Waals surface area contributed by atoms with Gasteiger partial charge in [-0.1, -0.05) is 17.3 Å². The van der Waals surface area contributed by atoms with Crippen LogP contribution in [0.3, 0.4) is 0 Å². The highest BCUT2D eigenvalue weighted by Crippen LogP contribution is 2.35. The highest BCUT2D eigenvalue weighted by atomic mass is 32.1. The highest BCUT2D eigenvalue weighted by molar-refractivity contribution is 7.15. The van der Waals surface area contributed by atoms with E-state index in [0.717, 1.165) is 23.5 Å². The largest absolute Gasteiger partial charge is 0.496 e. The molecule has 0 spiro atoms. The second-order valence-corrected chi connectivity index (χ2v) is 9.23. The maximum absolute atomic E-state index is 13.9. The zero-order valence-corrected chi connectivity index (χ0v) is 21.1. The van der Waals surface area contributed by atoms with Crippen molar-refractivity contribution in [1.29, 1.82) is 0 Å². The Hall–Kier alpha value is -3.85. The number of hydrogen-bond acceptors (Lipinski definition) is 8. The maximum atomic E-state index is 13.9. The lowest BCUT2D eigenvalue weighted by molar-refractivity contribution is -0.137. The summed E-state index contributed by atoms with van der Waals surface area (Å²) in [5.74, 6) is -0.0449. The van der Waals surface area contributed by atoms with Crippen LogP contribution in [0.1, 0.15) is 23.1 Å². The Morgan fingerprint density at radius 1 is 1.13 bits per heavy atom. The standard InChI is InChI=1S/C24H20F6N4O4S/c1-12(25)24(29,30)31-10-17-19(39-21(32-17)13-3-5-14(6-4-13)23(26,27)28)11-37-15-7-8-16(18(9-15)36-2)20-33-22(35)38-34-20/h3-9,12,31H,10-11H2,1-2H3,(H,33,34,35). The number of alkyl halides is 6. The first-order chi connectivity index (χ1) is 18.4. The van der Waals surface area contributed by atoms with Crippen molar-refractivity contribution in [3.8, 4) is 33.5 Å². The third-order valence-corrected chi connectivity index (χ3v) is 6.59. The molecule has 15 heteroatoms. The third-order valence-electron chi connectivity index (χ3n) is 5.47. The number of nitrogens with zero attached hydrogens (tertiary/aromatic N) is 2. The molecule has 1 unspecified atom stereocenters. The molecule has 2 aromatic heterocycles. The molecule has 0 aliphatic rings. The fraction of sp³-hybridized carbons (Fsp3) is 0.292. The summed E-state index contributed by atoms with van der Waals surface area (Å²) in [6.45, 7) is 0.0195. The molecule has 39 heavy (non-hydrogen) atoms. The van der Waals surface area contributed by atoms with Gasteiger partial charge < -0.3 is 9.47 Å². The number of benzene rings is 2. The molecule has 0 saturated heterocycles. The topological polar surface area (TPSA) is 102 Å². The number of ether oxygens (including phenoxy) is 2. The number of nitrogens with one attached hydrogen (secondary N) is 2. The van der Waals surface area contributed by atoms with E-state index in [1.54, 1.807) is 12.1 Å². The average Bonchev–Trinajstić information content (AvgIpc) is 3.51. The summed E-state index contributed by atoms with van der Waals surface area (Å²) in [6.07, 6.45) is -7.00. The molecular weight excluding hydrogens is 554 g/mol. The summed E-state index contributed by atoms with van der Waals surface area (Å²) in [6, 6.07) is 4.98. The second kappa shape index (κ2) is 11.1. The lowest BCUT2D eigenvalue weighted by Crippen LogP contribution is -2.43. The molecular formula is C24H20F6N4O4S. The lowest BCUT2D eigenvalue weighted by atomic mass is 10.1. The Balaban J connectivity index is 1.59. The summed E-state index contributed by atoms with van der Waals surface area (Å²) in [5.41, 5.74) is 0.000174. The number of H-pyrrole nitrogens is 1. The molecule has 0 aliphatic heterocycles. The molecule has 0 amide bonds. The van der Waals surface area contributed by atoms with Gasteiger partial charge in [0.25, 0.3) is 0 Å². The number of methoxy groups -OCH3 is 1. The Kier molecular flexibility index (Phi) is 8.02. The first-order valence-corrected chi connectivity index (χ1v) is 12.0. The van der Waals surface area contributed by atoms with Crippen LogP contribution >= 0.6 is 11.3 Å². The first kappa shape index (κ1) is 28.2. The van der Waals surface area contributed by atoms with Crippen molar-refractivity contribution in [3.05, 3.63) is 69.1 Å². The molecule has 2 N–H and O–H groups in total. The molecule has 4 aromatic rings. The third kappa shape index (κ3) is 6.60. The Labute approximate surface area is 220 Å². The van der Waals surface area contributed by atoms with E-state index >= 15 is 0 Å². The van der Waals surface area contributed by atoms with Crippen LogP contribution in [0, 0.1) is 0 Å². The van der Waals surface area contributed by atoms with Gasteiger partial charge in [-0.05, 0) is 31.2 Å². The number of thiazole rings is 1. The fourth-order valence-corrected chi connectivity index (χ4v) is 4.35. The van der Waals surface area contributed by atoms with Crippen molar-refractivity contribution in [2.45, 2.75) is 38.5 Å². The van der Waals surface area contributed by atoms with Gasteiger partial charge in [-0.15, -0.1) is 11.3 Å². The summed E-state index contributed by atoms with van der Waals surface area (Å²) in [7, 11) is 1.39. The van der Waals surface area contributed by atoms with E-state index in [9.17, 15) is 31.1 Å². The molecule has 4 rings (SSSR count). The number of halogens is 6. The number of aromatic nitrogens is 3. The van der Waals surface area contributed by atoms with E-state index < -0.39 is 36.3 Å². The van der Waals surface area contributed by atoms with Crippen LogP contribution in [0.25, 0.3) is 22.0 Å². The van der Waals surface area contributed by atoms with Crippen LogP contribution in [-0.2, 0) is 19.3 Å². The van der Waals surface area contributed by atoms with E-state index in [-0.39, 0.29) is 28.9 Å². The van der Waals surface area contributed by atoms with Gasteiger partial charge in [0, 0.05) is 18.2 Å². The summed E-state index contributed by atoms with van der Waals surface area (Å²) in [5, 5.41) is 5.69. The van der Waals surface area contributed by atoms with Crippen molar-refractivity contribution in [2.75, 3.05) is 7.11 Å². The Bertz CT molecular complexity index is 1480. The van der Waals surface area contributed by atoms with E-state index in [0.29, 0.717) is 28.7 Å². The van der Waals surface area contributed by atoms with E-state index in [4.69, 9.17) is 9.47 Å². The fourth-order valence-electron chi connectivity index (χ4n) is 3.35. The zero-order chi connectivity index (χ0) is 28.4. The SMILES string of the molecule is COc1cc(OCc2sc(-c3ccc(C(F)(F)F)cc3)nc2CNC(F)(F)C(C)F)ccc1-c1noc(=O)[nH]1. The minimum atomic E-state index is -4.52. The Morgan fingerprint density at radius 2 is 1.85 bits per heavy atom. The van der Waals surface area contributed by atoms with Gasteiger partial charge in [0.1, 0.15) is 23.1 Å². The van der Waals surface area contributed by atoms with Crippen LogP contribution in [0.2, 0.25) is 0 Å².